The van der Waals surface area contributed by atoms with Crippen LogP contribution in [0.4, 0.5) is 0 Å². The zero-order valence-electron chi connectivity index (χ0n) is 17.1. The fourth-order valence-electron chi connectivity index (χ4n) is 2.68. The molecule has 0 aliphatic carbocycles. The molecule has 0 saturated heterocycles. The van der Waals surface area contributed by atoms with Crippen LogP contribution in [0, 0.1) is 0 Å². The molecule has 0 N–H and O–H groups in total. The van der Waals surface area contributed by atoms with Crippen molar-refractivity contribution in [3.8, 4) is 0 Å². The summed E-state index contributed by atoms with van der Waals surface area (Å²) in [6.07, 6.45) is 3.37. The van der Waals surface area contributed by atoms with Crippen molar-refractivity contribution in [2.24, 2.45) is 0 Å². The minimum Gasteiger partial charge on any atom is -0.339 e. The van der Waals surface area contributed by atoms with Gasteiger partial charge in [0.05, 0.1) is 11.1 Å². The predicted molar refractivity (Wildman–Crippen MR) is 122 cm³/mol. The highest BCUT2D eigenvalue weighted by Gasteiger charge is 2.20. The van der Waals surface area contributed by atoms with E-state index in [0.717, 1.165) is 0 Å². The molecule has 0 bridgehead atoms. The molecule has 0 radical (unpaired) electrons. The number of carbonyl (C=O) groups excluding carboxylic acids is 2. The molecule has 0 aromatic carbocycles. The molecule has 2 rings (SSSR count). The number of hydrogen-bond acceptors (Lipinski definition) is 7. The van der Waals surface area contributed by atoms with Gasteiger partial charge in [0.15, 0.2) is 0 Å². The monoisotopic (exact) mass is 450 g/mol. The van der Waals surface area contributed by atoms with E-state index in [2.05, 4.69) is 9.97 Å². The Morgan fingerprint density at radius 1 is 0.759 bits per heavy atom. The number of carbonyl (C=O) groups is 2. The Hall–Kier alpha value is -1.71. The third-order valence-corrected chi connectivity index (χ3v) is 8.01. The number of amides is 2. The number of hydrogen-bond donors (Lipinski definition) is 0. The summed E-state index contributed by atoms with van der Waals surface area (Å²) in [4.78, 5) is 37.8. The third kappa shape index (κ3) is 6.13. The van der Waals surface area contributed by atoms with Crippen molar-refractivity contribution in [1.82, 2.24) is 19.8 Å². The van der Waals surface area contributed by atoms with Crippen molar-refractivity contribution in [3.05, 3.63) is 47.8 Å². The van der Waals surface area contributed by atoms with Gasteiger partial charge in [-0.1, -0.05) is 0 Å². The minimum atomic E-state index is -0.0218. The van der Waals surface area contributed by atoms with Crippen LogP contribution in [0.25, 0.3) is 0 Å². The van der Waals surface area contributed by atoms with E-state index in [1.165, 1.54) is 31.4 Å². The molecule has 0 aliphatic heterocycles. The van der Waals surface area contributed by atoms with Gasteiger partial charge in [-0.25, -0.2) is 9.97 Å². The molecule has 6 nitrogen and oxygen atoms in total. The lowest BCUT2D eigenvalue weighted by Crippen LogP contribution is -2.31. The molecule has 0 fully saturated rings. The van der Waals surface area contributed by atoms with Crippen LogP contribution >= 0.6 is 31.4 Å². The molecule has 156 valence electrons. The highest BCUT2D eigenvalue weighted by atomic mass is 33.5. The predicted octanol–water partition coefficient (Wildman–Crippen LogP) is 4.89. The summed E-state index contributed by atoms with van der Waals surface area (Å²) < 4.78 is 0. The maximum Gasteiger partial charge on any atom is 0.256 e. The summed E-state index contributed by atoms with van der Waals surface area (Å²) in [5, 5.41) is 1.32. The summed E-state index contributed by atoms with van der Waals surface area (Å²) in [7, 11) is 4.25. The van der Waals surface area contributed by atoms with Gasteiger partial charge in [0, 0.05) is 38.6 Å². The molecule has 0 aliphatic rings. The van der Waals surface area contributed by atoms with Gasteiger partial charge in [0.25, 0.3) is 11.8 Å². The Morgan fingerprint density at radius 3 is 1.48 bits per heavy atom. The van der Waals surface area contributed by atoms with Crippen LogP contribution in [-0.4, -0.2) is 57.8 Å². The Labute approximate surface area is 184 Å². The molecular formula is C20H26N4O2S3. The first kappa shape index (κ1) is 23.6. The van der Waals surface area contributed by atoms with Crippen molar-refractivity contribution in [2.45, 2.75) is 37.7 Å². The first-order valence-electron chi connectivity index (χ1n) is 9.56. The normalized spacial score (nSPS) is 10.6. The quantitative estimate of drug-likeness (QED) is 0.478. The molecule has 0 spiro atoms. The van der Waals surface area contributed by atoms with E-state index in [1.54, 1.807) is 46.5 Å². The van der Waals surface area contributed by atoms with Crippen molar-refractivity contribution in [1.29, 1.82) is 0 Å². The molecule has 29 heavy (non-hydrogen) atoms. The van der Waals surface area contributed by atoms with Crippen LogP contribution in [0.2, 0.25) is 0 Å². The number of nitrogens with zero attached hydrogens (tertiary/aromatic N) is 4. The van der Waals surface area contributed by atoms with Gasteiger partial charge in [-0.3, -0.25) is 9.59 Å². The zero-order valence-corrected chi connectivity index (χ0v) is 19.6. The Kier molecular flexibility index (Phi) is 9.83. The van der Waals surface area contributed by atoms with Crippen LogP contribution in [0.15, 0.2) is 46.7 Å². The van der Waals surface area contributed by atoms with Gasteiger partial charge in [0.1, 0.15) is 10.1 Å². The van der Waals surface area contributed by atoms with Crippen molar-refractivity contribution in [2.75, 3.05) is 26.2 Å². The van der Waals surface area contributed by atoms with Crippen LogP contribution in [0.1, 0.15) is 48.4 Å². The second kappa shape index (κ2) is 12.1. The fraction of sp³-hybridized carbons (Fsp3) is 0.400. The van der Waals surface area contributed by atoms with E-state index >= 15 is 0 Å². The average molecular weight is 451 g/mol. The average Bonchev–Trinajstić information content (AvgIpc) is 2.76. The first-order chi connectivity index (χ1) is 14.1. The summed E-state index contributed by atoms with van der Waals surface area (Å²) >= 11 is 0. The number of aromatic nitrogens is 2. The fourth-order valence-corrected chi connectivity index (χ4v) is 6.30. The van der Waals surface area contributed by atoms with Gasteiger partial charge in [-0.05, 0) is 83.4 Å². The summed E-state index contributed by atoms with van der Waals surface area (Å²) in [5.74, 6) is -0.0436. The highest BCUT2D eigenvalue weighted by Crippen LogP contribution is 2.45. The number of pyridine rings is 2. The van der Waals surface area contributed by atoms with Crippen LogP contribution in [0.3, 0.4) is 0 Å². The van der Waals surface area contributed by atoms with E-state index in [4.69, 9.17) is 0 Å². The van der Waals surface area contributed by atoms with Gasteiger partial charge in [-0.2, -0.15) is 0 Å². The molecule has 2 amide bonds. The SMILES string of the molecule is CCN(CC)C(=O)c1cccnc1SSSc1ncccc1C(=O)N(CC)CC. The van der Waals surface area contributed by atoms with E-state index in [9.17, 15) is 9.59 Å². The van der Waals surface area contributed by atoms with Gasteiger partial charge >= 0.3 is 0 Å². The van der Waals surface area contributed by atoms with Crippen molar-refractivity contribution >= 4 is 43.2 Å². The standard InChI is InChI=1S/C20H26N4O2S3/c1-5-23(6-2)19(25)15-11-9-13-21-17(15)27-29-28-18-16(12-10-14-22-18)20(26)24(7-3)8-4/h9-14H,5-8H2,1-4H3. The van der Waals surface area contributed by atoms with Gasteiger partial charge in [-0.15, -0.1) is 0 Å². The molecular weight excluding hydrogens is 424 g/mol. The smallest absolute Gasteiger partial charge is 0.256 e. The Balaban J connectivity index is 2.12. The summed E-state index contributed by atoms with van der Waals surface area (Å²) in [6, 6.07) is 7.16. The Morgan fingerprint density at radius 2 is 1.14 bits per heavy atom. The van der Waals surface area contributed by atoms with E-state index in [0.29, 0.717) is 47.4 Å². The molecule has 0 atom stereocenters. The van der Waals surface area contributed by atoms with Crippen LogP contribution < -0.4 is 0 Å². The van der Waals surface area contributed by atoms with Crippen LogP contribution in [-0.2, 0) is 0 Å². The molecule has 0 saturated carbocycles. The topological polar surface area (TPSA) is 66.4 Å². The lowest BCUT2D eigenvalue weighted by atomic mass is 10.2. The van der Waals surface area contributed by atoms with Crippen molar-refractivity contribution < 1.29 is 9.59 Å². The highest BCUT2D eigenvalue weighted by molar-refractivity contribution is 9.09. The summed E-state index contributed by atoms with van der Waals surface area (Å²) in [5.41, 5.74) is 1.18. The molecule has 2 aromatic rings. The minimum absolute atomic E-state index is 0.0218. The maximum absolute atomic E-state index is 12.7. The van der Waals surface area contributed by atoms with Crippen molar-refractivity contribution in [3.63, 3.8) is 0 Å². The zero-order chi connectivity index (χ0) is 21.2. The lowest BCUT2D eigenvalue weighted by Gasteiger charge is -2.20. The van der Waals surface area contributed by atoms with E-state index in [-0.39, 0.29) is 11.8 Å². The van der Waals surface area contributed by atoms with E-state index in [1.807, 2.05) is 27.7 Å². The number of rotatable bonds is 10. The van der Waals surface area contributed by atoms with E-state index < -0.39 is 0 Å². The third-order valence-electron chi connectivity index (χ3n) is 4.33. The maximum atomic E-state index is 12.7. The molecule has 2 aromatic heterocycles. The molecule has 9 heteroatoms. The second-order valence-electron chi connectivity index (χ2n) is 5.90. The van der Waals surface area contributed by atoms with Gasteiger partial charge in [0.2, 0.25) is 0 Å². The first-order valence-corrected chi connectivity index (χ1v) is 13.0. The lowest BCUT2D eigenvalue weighted by molar-refractivity contribution is 0.0761. The van der Waals surface area contributed by atoms with Crippen LogP contribution in [0.5, 0.6) is 0 Å². The van der Waals surface area contributed by atoms with Gasteiger partial charge < -0.3 is 9.80 Å². The molecule has 2 heterocycles. The second-order valence-corrected chi connectivity index (χ2v) is 9.78. The largest absolute Gasteiger partial charge is 0.339 e. The summed E-state index contributed by atoms with van der Waals surface area (Å²) in [6.45, 7) is 10.5. The Bertz CT molecular complexity index is 759. The molecule has 0 unspecified atom stereocenters.